The third-order valence-electron chi connectivity index (χ3n) is 6.66. The molecule has 1 amide bonds. The molecule has 0 aliphatic carbocycles. The number of hydrogen-bond donors (Lipinski definition) is 2. The smallest absolute Gasteiger partial charge is 0.357 e. The Labute approximate surface area is 223 Å². The molecule has 0 radical (unpaired) electrons. The van der Waals surface area contributed by atoms with E-state index in [9.17, 15) is 14.7 Å². The summed E-state index contributed by atoms with van der Waals surface area (Å²) in [7, 11) is 0. The summed E-state index contributed by atoms with van der Waals surface area (Å²) in [5.74, 6) is -1.19. The fourth-order valence-electron chi connectivity index (χ4n) is 4.78. The lowest BCUT2D eigenvalue weighted by Gasteiger charge is -2.12. The molecule has 6 rings (SSSR count). The van der Waals surface area contributed by atoms with E-state index in [2.05, 4.69) is 20.4 Å². The maximum Gasteiger partial charge on any atom is 0.357 e. The highest BCUT2D eigenvalue weighted by Gasteiger charge is 2.19. The molecule has 3 heterocycles. The zero-order valence-electron chi connectivity index (χ0n) is 20.8. The van der Waals surface area contributed by atoms with Crippen LogP contribution in [0, 0.1) is 0 Å². The van der Waals surface area contributed by atoms with E-state index in [1.54, 1.807) is 41.6 Å². The predicted octanol–water partition coefficient (Wildman–Crippen LogP) is 5.91. The first-order chi connectivity index (χ1) is 19.1. The van der Waals surface area contributed by atoms with Gasteiger partial charge in [-0.3, -0.25) is 14.8 Å². The molecule has 0 aliphatic rings. The minimum Gasteiger partial charge on any atom is -0.476 e. The van der Waals surface area contributed by atoms with Crippen LogP contribution in [0.1, 0.15) is 22.5 Å². The number of carbonyl (C=O) groups excluding carboxylic acids is 1. The van der Waals surface area contributed by atoms with Gasteiger partial charge in [0.05, 0.1) is 16.9 Å². The number of hydrogen-bond acceptors (Lipinski definition) is 5. The maximum atomic E-state index is 12.8. The predicted molar refractivity (Wildman–Crippen MR) is 150 cm³/mol. The zero-order valence-corrected chi connectivity index (χ0v) is 20.8. The molecule has 3 aromatic heterocycles. The number of pyridine rings is 2. The lowest BCUT2D eigenvalue weighted by Crippen LogP contribution is -2.12. The van der Waals surface area contributed by atoms with Gasteiger partial charge in [-0.25, -0.2) is 9.48 Å². The Morgan fingerprint density at radius 2 is 1.64 bits per heavy atom. The molecule has 0 aliphatic heterocycles. The van der Waals surface area contributed by atoms with E-state index in [0.717, 1.165) is 33.2 Å². The molecule has 0 unspecified atom stereocenters. The van der Waals surface area contributed by atoms with Crippen LogP contribution in [-0.4, -0.2) is 36.7 Å². The van der Waals surface area contributed by atoms with E-state index < -0.39 is 5.97 Å². The van der Waals surface area contributed by atoms with E-state index in [-0.39, 0.29) is 11.6 Å². The third-order valence-corrected chi connectivity index (χ3v) is 6.66. The third kappa shape index (κ3) is 4.71. The standard InChI is InChI=1S/C31H23N5O3/c37-29(12-9-20-5-2-1-3-6-20)34-27-8-4-7-23-25(18-33-19-26(23)27)21-10-11-28-24(17-21)30(31(38)39)35-36(28)22-13-15-32-16-14-22/h1-8,10-11,13-19H,9,12H2,(H,34,37)(H,38,39). The van der Waals surface area contributed by atoms with Gasteiger partial charge in [0.25, 0.3) is 0 Å². The van der Waals surface area contributed by atoms with Crippen LogP contribution in [0.4, 0.5) is 5.69 Å². The van der Waals surface area contributed by atoms with Crippen molar-refractivity contribution in [3.05, 3.63) is 115 Å². The Bertz CT molecular complexity index is 1830. The molecule has 39 heavy (non-hydrogen) atoms. The minimum atomic E-state index is -1.11. The number of fused-ring (bicyclic) bond motifs is 2. The van der Waals surface area contributed by atoms with Crippen molar-refractivity contribution >= 4 is 39.2 Å². The molecule has 190 valence electrons. The molecular formula is C31H23N5O3. The number of benzene rings is 3. The number of aromatic nitrogens is 4. The molecule has 0 saturated carbocycles. The summed E-state index contributed by atoms with van der Waals surface area (Å²) in [6, 6.07) is 24.8. The summed E-state index contributed by atoms with van der Waals surface area (Å²) in [6.07, 6.45) is 7.77. The number of carboxylic acids is 1. The first-order valence-corrected chi connectivity index (χ1v) is 12.5. The van der Waals surface area contributed by atoms with Crippen LogP contribution in [0.15, 0.2) is 104 Å². The minimum absolute atomic E-state index is 0.0387. The molecule has 0 atom stereocenters. The molecule has 0 bridgehead atoms. The molecular weight excluding hydrogens is 490 g/mol. The van der Waals surface area contributed by atoms with Crippen molar-refractivity contribution in [3.63, 3.8) is 0 Å². The van der Waals surface area contributed by atoms with Crippen LogP contribution >= 0.6 is 0 Å². The Morgan fingerprint density at radius 3 is 2.44 bits per heavy atom. The molecule has 2 N–H and O–H groups in total. The number of nitrogens with one attached hydrogen (secondary N) is 1. The number of carboxylic acid groups (broad SMARTS) is 1. The van der Waals surface area contributed by atoms with E-state index in [1.807, 2.05) is 66.7 Å². The van der Waals surface area contributed by atoms with Crippen molar-refractivity contribution in [1.29, 1.82) is 0 Å². The quantitative estimate of drug-likeness (QED) is 0.275. The van der Waals surface area contributed by atoms with Gasteiger partial charge < -0.3 is 10.4 Å². The number of amides is 1. The second-order valence-electron chi connectivity index (χ2n) is 9.12. The van der Waals surface area contributed by atoms with Crippen LogP contribution < -0.4 is 5.32 Å². The molecule has 3 aromatic carbocycles. The Hall–Kier alpha value is -5.37. The van der Waals surface area contributed by atoms with Crippen molar-refractivity contribution < 1.29 is 14.7 Å². The molecule has 6 aromatic rings. The van der Waals surface area contributed by atoms with Crippen LogP contribution in [0.2, 0.25) is 0 Å². The zero-order chi connectivity index (χ0) is 26.8. The van der Waals surface area contributed by atoms with Gasteiger partial charge in [0.2, 0.25) is 5.91 Å². The maximum absolute atomic E-state index is 12.8. The van der Waals surface area contributed by atoms with Crippen molar-refractivity contribution in [2.75, 3.05) is 5.32 Å². The van der Waals surface area contributed by atoms with Crippen molar-refractivity contribution in [3.8, 4) is 16.8 Å². The summed E-state index contributed by atoms with van der Waals surface area (Å²) in [5, 5.41) is 19.5. The van der Waals surface area contributed by atoms with Crippen LogP contribution in [0.5, 0.6) is 0 Å². The molecule has 0 saturated heterocycles. The van der Waals surface area contributed by atoms with Gasteiger partial charge in [-0.05, 0) is 53.3 Å². The van der Waals surface area contributed by atoms with Gasteiger partial charge in [0, 0.05) is 47.5 Å². The van der Waals surface area contributed by atoms with Crippen LogP contribution in [0.3, 0.4) is 0 Å². The van der Waals surface area contributed by atoms with Crippen molar-refractivity contribution in [2.24, 2.45) is 0 Å². The number of rotatable bonds is 7. The van der Waals surface area contributed by atoms with Gasteiger partial charge in [-0.2, -0.15) is 5.10 Å². The number of carbonyl (C=O) groups is 2. The van der Waals surface area contributed by atoms with E-state index in [1.165, 1.54) is 0 Å². The van der Waals surface area contributed by atoms with Crippen LogP contribution in [-0.2, 0) is 11.2 Å². The van der Waals surface area contributed by atoms with Gasteiger partial charge >= 0.3 is 5.97 Å². The number of aryl methyl sites for hydroxylation is 1. The first kappa shape index (κ1) is 24.0. The fraction of sp³-hybridized carbons (Fsp3) is 0.0645. The van der Waals surface area contributed by atoms with Gasteiger partial charge in [0.15, 0.2) is 5.69 Å². The summed E-state index contributed by atoms with van der Waals surface area (Å²) in [4.78, 5) is 33.3. The number of nitrogens with zero attached hydrogens (tertiary/aromatic N) is 4. The molecule has 0 spiro atoms. The summed E-state index contributed by atoms with van der Waals surface area (Å²) in [6.45, 7) is 0. The summed E-state index contributed by atoms with van der Waals surface area (Å²) < 4.78 is 1.61. The summed E-state index contributed by atoms with van der Waals surface area (Å²) >= 11 is 0. The normalized spacial score (nSPS) is 11.1. The number of aromatic carboxylic acids is 1. The second-order valence-corrected chi connectivity index (χ2v) is 9.12. The average molecular weight is 514 g/mol. The monoisotopic (exact) mass is 513 g/mol. The lowest BCUT2D eigenvalue weighted by molar-refractivity contribution is -0.116. The van der Waals surface area contributed by atoms with Gasteiger partial charge in [-0.15, -0.1) is 0 Å². The average Bonchev–Trinajstić information content (AvgIpc) is 3.36. The summed E-state index contributed by atoms with van der Waals surface area (Å²) in [5.41, 5.74) is 4.75. The number of anilines is 1. The highest BCUT2D eigenvalue weighted by Crippen LogP contribution is 2.34. The van der Waals surface area contributed by atoms with Crippen LogP contribution in [0.25, 0.3) is 38.5 Å². The van der Waals surface area contributed by atoms with E-state index in [0.29, 0.717) is 29.4 Å². The van der Waals surface area contributed by atoms with E-state index in [4.69, 9.17) is 0 Å². The van der Waals surface area contributed by atoms with Crippen molar-refractivity contribution in [1.82, 2.24) is 19.7 Å². The Morgan fingerprint density at radius 1 is 0.821 bits per heavy atom. The van der Waals surface area contributed by atoms with E-state index >= 15 is 0 Å². The van der Waals surface area contributed by atoms with Gasteiger partial charge in [-0.1, -0.05) is 48.5 Å². The largest absolute Gasteiger partial charge is 0.476 e. The van der Waals surface area contributed by atoms with Gasteiger partial charge in [0.1, 0.15) is 0 Å². The topological polar surface area (TPSA) is 110 Å². The Kier molecular flexibility index (Phi) is 6.26. The highest BCUT2D eigenvalue weighted by atomic mass is 16.4. The highest BCUT2D eigenvalue weighted by molar-refractivity contribution is 6.08. The second kappa shape index (κ2) is 10.2. The molecule has 8 nitrogen and oxygen atoms in total. The Balaban J connectivity index is 1.36. The lowest BCUT2D eigenvalue weighted by atomic mass is 9.98. The SMILES string of the molecule is O=C(CCc1ccccc1)Nc1cccc2c(-c3ccc4c(c3)c(C(=O)O)nn4-c3ccncc3)cncc12. The van der Waals surface area contributed by atoms with Crippen molar-refractivity contribution in [2.45, 2.75) is 12.8 Å². The molecule has 8 heteroatoms. The molecule has 0 fully saturated rings. The first-order valence-electron chi connectivity index (χ1n) is 12.5. The fourth-order valence-corrected chi connectivity index (χ4v) is 4.78.